The fourth-order valence-corrected chi connectivity index (χ4v) is 7.04. The molecule has 0 spiro atoms. The van der Waals surface area contributed by atoms with Crippen molar-refractivity contribution in [3.63, 3.8) is 0 Å². The molecule has 1 aliphatic heterocycles. The third kappa shape index (κ3) is 11.2. The van der Waals surface area contributed by atoms with Crippen LogP contribution in [0.5, 0.6) is 0 Å². The topological polar surface area (TPSA) is 123 Å². The summed E-state index contributed by atoms with van der Waals surface area (Å²) in [6.07, 6.45) is -15.3. The van der Waals surface area contributed by atoms with E-state index in [1.807, 2.05) is 0 Å². The summed E-state index contributed by atoms with van der Waals surface area (Å²) in [5.41, 5.74) is -7.27. The van der Waals surface area contributed by atoms with Gasteiger partial charge in [-0.05, 0) is 43.6 Å². The van der Waals surface area contributed by atoms with E-state index >= 15 is 0 Å². The van der Waals surface area contributed by atoms with Crippen LogP contribution in [-0.4, -0.2) is 80.8 Å². The van der Waals surface area contributed by atoms with Crippen LogP contribution in [0.2, 0.25) is 0 Å². The Morgan fingerprint density at radius 1 is 0.646 bits per heavy atom. The number of fused-ring (bicyclic) bond motifs is 2. The number of rotatable bonds is 6. The summed E-state index contributed by atoms with van der Waals surface area (Å²) in [6, 6.07) is 0. The SMILES string of the molecule is C.CC1(C)OB(c2cnn(CC(F)(F)C(F)(F)F)c2)OC1(C)C.O=c1c(-c2cnn(CC(F)(F)C(F)(F)F)c2)c(C(F)(F)F)nc2sccn12.O=c1c(Br)c(C(F)(F)F)nc2sccn12. The van der Waals surface area contributed by atoms with E-state index in [0.717, 1.165) is 50.1 Å². The number of hydrogen-bond acceptors (Lipinski definition) is 10. The van der Waals surface area contributed by atoms with Gasteiger partial charge >= 0.3 is 43.7 Å². The third-order valence-electron chi connectivity index (χ3n) is 9.07. The first-order valence-corrected chi connectivity index (χ1v) is 19.6. The average Bonchev–Trinajstić information content (AvgIpc) is 3.97. The van der Waals surface area contributed by atoms with Crippen LogP contribution >= 0.6 is 38.6 Å². The molecule has 1 fully saturated rings. The molecule has 7 rings (SSSR count). The van der Waals surface area contributed by atoms with Gasteiger partial charge in [-0.3, -0.25) is 27.8 Å². The van der Waals surface area contributed by atoms with Crippen molar-refractivity contribution in [3.05, 3.63) is 84.5 Å². The summed E-state index contributed by atoms with van der Waals surface area (Å²) in [7, 11) is -0.863. The molecule has 1 aliphatic rings. The van der Waals surface area contributed by atoms with Gasteiger partial charge in [0.15, 0.2) is 21.3 Å². The first-order valence-electron chi connectivity index (χ1n) is 17.1. The number of thiazole rings is 2. The molecule has 0 aliphatic carbocycles. The van der Waals surface area contributed by atoms with Gasteiger partial charge in [0.2, 0.25) is 0 Å². The third-order valence-corrected chi connectivity index (χ3v) is 11.3. The fourth-order valence-electron chi connectivity index (χ4n) is 5.13. The van der Waals surface area contributed by atoms with Crippen LogP contribution in [0.15, 0.2) is 62.0 Å². The lowest BCUT2D eigenvalue weighted by Gasteiger charge is -2.32. The molecule has 0 radical (unpaired) electrons. The maximum absolute atomic E-state index is 13.3. The second-order valence-corrected chi connectivity index (χ2v) is 16.8. The predicted octanol–water partition coefficient (Wildman–Crippen LogP) is 9.39. The van der Waals surface area contributed by atoms with Crippen molar-refractivity contribution in [2.24, 2.45) is 0 Å². The normalized spacial score (nSPS) is 15.7. The van der Waals surface area contributed by atoms with Gasteiger partial charge in [0.05, 0.1) is 23.0 Å². The standard InChI is InChI=1S/C13H6F8N4OS.C12H16BF5N2O2.C7H2BrF3N2OS.CH4/c14-11(15,13(19,20)21)5-24-4-6(3-22-24)7-8(12(16,17)18)23-10-25(9(7)26)1-2-27-10;1-9(2)10(3,4)22-13(21-9)8-5-19-20(6-8)7-11(14,15)12(16,17)18;8-3-4(7(9,10)11)12-6-13(5(3)14)1-2-15-6;/h1-4H,5H2;5-6H,7H2,1-4H3;1-2H;1H4. The molecule has 0 unspecified atom stereocenters. The zero-order valence-electron chi connectivity index (χ0n) is 32.1. The summed E-state index contributed by atoms with van der Waals surface area (Å²) in [4.78, 5) is 30.3. The second-order valence-electron chi connectivity index (χ2n) is 14.2. The summed E-state index contributed by atoms with van der Waals surface area (Å²) in [6.45, 7) is 3.66. The molecule has 6 aromatic rings. The van der Waals surface area contributed by atoms with Crippen molar-refractivity contribution in [3.8, 4) is 11.1 Å². The van der Waals surface area contributed by atoms with Crippen LogP contribution in [0.1, 0.15) is 46.5 Å². The van der Waals surface area contributed by atoms with Crippen LogP contribution in [0.3, 0.4) is 0 Å². The molecule has 0 atom stereocenters. The Kier molecular flexibility index (Phi) is 14.6. The highest BCUT2D eigenvalue weighted by Crippen LogP contribution is 2.40. The summed E-state index contributed by atoms with van der Waals surface area (Å²) >= 11 is 4.34. The molecular formula is C33H28BBrF16N8O4S2. The van der Waals surface area contributed by atoms with Gasteiger partial charge in [0.1, 0.15) is 17.6 Å². The first kappa shape index (κ1) is 53.1. The molecule has 358 valence electrons. The van der Waals surface area contributed by atoms with Crippen LogP contribution in [0.25, 0.3) is 21.0 Å². The molecule has 12 nitrogen and oxygen atoms in total. The van der Waals surface area contributed by atoms with Crippen LogP contribution in [0.4, 0.5) is 70.2 Å². The number of nitrogens with zero attached hydrogens (tertiary/aromatic N) is 8. The van der Waals surface area contributed by atoms with Gasteiger partial charge in [-0.2, -0.15) is 80.4 Å². The van der Waals surface area contributed by atoms with E-state index in [1.54, 1.807) is 27.7 Å². The maximum Gasteiger partial charge on any atom is 0.498 e. The van der Waals surface area contributed by atoms with Gasteiger partial charge in [-0.25, -0.2) is 9.97 Å². The van der Waals surface area contributed by atoms with Gasteiger partial charge in [-0.1, -0.05) is 7.43 Å². The van der Waals surface area contributed by atoms with Gasteiger partial charge in [0.25, 0.3) is 11.1 Å². The van der Waals surface area contributed by atoms with E-state index < -0.39 is 106 Å². The van der Waals surface area contributed by atoms with Gasteiger partial charge in [0, 0.05) is 52.8 Å². The number of alkyl halides is 16. The molecule has 0 aromatic carbocycles. The van der Waals surface area contributed by atoms with E-state index in [2.05, 4.69) is 36.1 Å². The second kappa shape index (κ2) is 17.9. The molecule has 65 heavy (non-hydrogen) atoms. The van der Waals surface area contributed by atoms with Crippen molar-refractivity contribution in [1.29, 1.82) is 0 Å². The lowest BCUT2D eigenvalue weighted by molar-refractivity contribution is -0.287. The highest BCUT2D eigenvalue weighted by atomic mass is 79.9. The average molecular weight is 1060 g/mol. The van der Waals surface area contributed by atoms with E-state index in [0.29, 0.717) is 17.1 Å². The van der Waals surface area contributed by atoms with E-state index in [9.17, 15) is 79.8 Å². The van der Waals surface area contributed by atoms with E-state index in [4.69, 9.17) is 9.31 Å². The van der Waals surface area contributed by atoms with Crippen molar-refractivity contribution < 1.29 is 79.6 Å². The van der Waals surface area contributed by atoms with Crippen molar-refractivity contribution in [2.45, 2.75) is 96.0 Å². The van der Waals surface area contributed by atoms with Crippen molar-refractivity contribution in [2.75, 3.05) is 0 Å². The van der Waals surface area contributed by atoms with Gasteiger partial charge < -0.3 is 9.31 Å². The first-order chi connectivity index (χ1) is 29.0. The number of hydrogen-bond donors (Lipinski definition) is 0. The van der Waals surface area contributed by atoms with Crippen LogP contribution in [0, 0.1) is 0 Å². The van der Waals surface area contributed by atoms with Crippen molar-refractivity contribution in [1.82, 2.24) is 38.3 Å². The van der Waals surface area contributed by atoms with Gasteiger partial charge in [-0.15, -0.1) is 22.7 Å². The highest BCUT2D eigenvalue weighted by Gasteiger charge is 2.59. The minimum Gasteiger partial charge on any atom is -0.399 e. The monoisotopic (exact) mass is 1060 g/mol. The molecule has 1 saturated heterocycles. The fraction of sp³-hybridized carbons (Fsp3) is 0.455. The molecule has 0 N–H and O–H groups in total. The Hall–Kier alpha value is -4.56. The van der Waals surface area contributed by atoms with Crippen LogP contribution in [-0.2, 0) is 34.8 Å². The summed E-state index contributed by atoms with van der Waals surface area (Å²) in [5.74, 6) is -10.0. The molecule has 0 saturated carbocycles. The predicted molar refractivity (Wildman–Crippen MR) is 204 cm³/mol. The highest BCUT2D eigenvalue weighted by molar-refractivity contribution is 9.10. The summed E-state index contributed by atoms with van der Waals surface area (Å²) in [5, 5.41) is 9.55. The molecule has 32 heteroatoms. The Morgan fingerprint density at radius 2 is 1.06 bits per heavy atom. The summed E-state index contributed by atoms with van der Waals surface area (Å²) < 4.78 is 216. The Labute approximate surface area is 369 Å². The number of aromatic nitrogens is 8. The Bertz CT molecular complexity index is 2740. The van der Waals surface area contributed by atoms with Crippen molar-refractivity contribution >= 4 is 61.1 Å². The molecular weight excluding hydrogens is 1030 g/mol. The zero-order chi connectivity index (χ0) is 48.4. The lowest BCUT2D eigenvalue weighted by atomic mass is 9.82. The minimum atomic E-state index is -5.87. The lowest BCUT2D eigenvalue weighted by Crippen LogP contribution is -2.41. The smallest absolute Gasteiger partial charge is 0.399 e. The number of halogens is 17. The quantitative estimate of drug-likeness (QED) is 0.120. The Balaban J connectivity index is 0.000000220. The molecule has 6 aromatic heterocycles. The Morgan fingerprint density at radius 3 is 1.51 bits per heavy atom. The maximum atomic E-state index is 13.3. The minimum absolute atomic E-state index is 0. The van der Waals surface area contributed by atoms with Crippen LogP contribution < -0.4 is 16.6 Å². The largest absolute Gasteiger partial charge is 0.498 e. The molecule has 0 bridgehead atoms. The molecule has 0 amide bonds. The van der Waals surface area contributed by atoms with E-state index in [-0.39, 0.29) is 27.5 Å². The molecule has 7 heterocycles. The zero-order valence-corrected chi connectivity index (χ0v) is 35.3. The van der Waals surface area contributed by atoms with E-state index in [1.165, 1.54) is 17.0 Å².